The van der Waals surface area contributed by atoms with Gasteiger partial charge in [-0.05, 0) is 43.4 Å². The van der Waals surface area contributed by atoms with Crippen LogP contribution in [0.3, 0.4) is 0 Å². The Bertz CT molecular complexity index is 807. The zero-order valence-corrected chi connectivity index (χ0v) is 16.5. The van der Waals surface area contributed by atoms with Crippen LogP contribution in [0, 0.1) is 12.7 Å². The average molecular weight is 399 g/mol. The molecule has 26 heavy (non-hydrogen) atoms. The third-order valence-electron chi connectivity index (χ3n) is 4.23. The van der Waals surface area contributed by atoms with Crippen molar-refractivity contribution in [2.24, 2.45) is 0 Å². The molecule has 0 spiro atoms. The molecule has 6 heteroatoms. The fourth-order valence-electron chi connectivity index (χ4n) is 2.81. The second-order valence-corrected chi connectivity index (χ2v) is 8.85. The summed E-state index contributed by atoms with van der Waals surface area (Å²) in [5, 5.41) is 0. The summed E-state index contributed by atoms with van der Waals surface area (Å²) in [5.41, 5.74) is 1.77. The Kier molecular flexibility index (Phi) is 8.07. The van der Waals surface area contributed by atoms with Crippen LogP contribution in [-0.4, -0.2) is 15.0 Å². The highest BCUT2D eigenvalue weighted by molar-refractivity contribution is 8.13. The number of halogens is 2. The number of unbranched alkanes of at least 4 members (excludes halogenated alkanes) is 3. The Balaban J connectivity index is 1.72. The van der Waals surface area contributed by atoms with Crippen molar-refractivity contribution in [3.63, 3.8) is 0 Å². The number of aryl methyl sites for hydroxylation is 1. The van der Waals surface area contributed by atoms with E-state index in [1.807, 2.05) is 30.3 Å². The van der Waals surface area contributed by atoms with Gasteiger partial charge in [-0.25, -0.2) is 12.8 Å². The molecule has 0 aliphatic heterocycles. The standard InChI is InChI=1S/C20H24ClFO3S/c1-16-12-13-19(26(21,23)24)18(20(16)22)11-7-2-3-8-14-25-15-17-9-5-4-6-10-17/h4-6,9-10,12-13H,2-3,7-8,11,14-15H2,1H3. The Morgan fingerprint density at radius 2 is 1.69 bits per heavy atom. The molecule has 0 radical (unpaired) electrons. The smallest absolute Gasteiger partial charge is 0.261 e. The summed E-state index contributed by atoms with van der Waals surface area (Å²) in [5.74, 6) is -0.474. The lowest BCUT2D eigenvalue weighted by Gasteiger charge is -2.10. The van der Waals surface area contributed by atoms with Crippen LogP contribution < -0.4 is 0 Å². The van der Waals surface area contributed by atoms with Crippen molar-refractivity contribution in [3.8, 4) is 0 Å². The second-order valence-electron chi connectivity index (χ2n) is 6.31. The highest BCUT2D eigenvalue weighted by atomic mass is 35.7. The number of hydrogen-bond acceptors (Lipinski definition) is 3. The average Bonchev–Trinajstić information content (AvgIpc) is 2.60. The maximum Gasteiger partial charge on any atom is 0.261 e. The molecule has 0 atom stereocenters. The summed E-state index contributed by atoms with van der Waals surface area (Å²) in [6.45, 7) is 2.90. The van der Waals surface area contributed by atoms with E-state index in [0.29, 0.717) is 31.6 Å². The molecular formula is C20H24ClFO3S. The van der Waals surface area contributed by atoms with E-state index in [1.54, 1.807) is 6.92 Å². The van der Waals surface area contributed by atoms with Gasteiger partial charge in [-0.3, -0.25) is 0 Å². The summed E-state index contributed by atoms with van der Waals surface area (Å²) in [4.78, 5) is -0.117. The van der Waals surface area contributed by atoms with Gasteiger partial charge in [0.05, 0.1) is 11.5 Å². The van der Waals surface area contributed by atoms with Crippen LogP contribution in [0.4, 0.5) is 4.39 Å². The molecule has 2 aromatic carbocycles. The predicted octanol–water partition coefficient (Wildman–Crippen LogP) is 5.38. The first-order valence-corrected chi connectivity index (χ1v) is 11.0. The maximum absolute atomic E-state index is 14.3. The minimum Gasteiger partial charge on any atom is -0.377 e. The quantitative estimate of drug-likeness (QED) is 0.398. The highest BCUT2D eigenvalue weighted by Gasteiger charge is 2.19. The summed E-state index contributed by atoms with van der Waals surface area (Å²) in [6, 6.07) is 12.8. The molecule has 2 rings (SSSR count). The number of benzene rings is 2. The molecule has 0 aliphatic rings. The van der Waals surface area contributed by atoms with Crippen molar-refractivity contribution in [1.82, 2.24) is 0 Å². The Hall–Kier alpha value is -1.43. The molecule has 0 N–H and O–H groups in total. The summed E-state index contributed by atoms with van der Waals surface area (Å²) in [6.07, 6.45) is 3.82. The number of ether oxygens (including phenoxy) is 1. The van der Waals surface area contributed by atoms with E-state index in [-0.39, 0.29) is 10.5 Å². The molecule has 0 unspecified atom stereocenters. The van der Waals surface area contributed by atoms with Gasteiger partial charge >= 0.3 is 0 Å². The van der Waals surface area contributed by atoms with Crippen molar-refractivity contribution < 1.29 is 17.5 Å². The fraction of sp³-hybridized carbons (Fsp3) is 0.400. The van der Waals surface area contributed by atoms with Crippen LogP contribution >= 0.6 is 10.7 Å². The van der Waals surface area contributed by atoms with E-state index in [1.165, 1.54) is 12.1 Å². The van der Waals surface area contributed by atoms with E-state index in [2.05, 4.69) is 0 Å². The normalized spacial score (nSPS) is 11.7. The minimum atomic E-state index is -3.94. The van der Waals surface area contributed by atoms with Crippen molar-refractivity contribution in [2.75, 3.05) is 6.61 Å². The van der Waals surface area contributed by atoms with E-state index in [9.17, 15) is 12.8 Å². The largest absolute Gasteiger partial charge is 0.377 e. The first-order valence-electron chi connectivity index (χ1n) is 8.74. The lowest BCUT2D eigenvalue weighted by Crippen LogP contribution is -2.04. The molecule has 142 valence electrons. The van der Waals surface area contributed by atoms with Crippen LogP contribution in [0.5, 0.6) is 0 Å². The zero-order valence-electron chi connectivity index (χ0n) is 14.9. The predicted molar refractivity (Wildman–Crippen MR) is 102 cm³/mol. The lowest BCUT2D eigenvalue weighted by molar-refractivity contribution is 0.116. The van der Waals surface area contributed by atoms with Crippen molar-refractivity contribution in [1.29, 1.82) is 0 Å². The first kappa shape index (κ1) is 20.9. The molecule has 0 amide bonds. The van der Waals surface area contributed by atoms with Crippen molar-refractivity contribution in [2.45, 2.75) is 50.5 Å². The van der Waals surface area contributed by atoms with Gasteiger partial charge in [0.15, 0.2) is 0 Å². The minimum absolute atomic E-state index is 0.117. The van der Waals surface area contributed by atoms with Crippen LogP contribution in [-0.2, 0) is 26.8 Å². The molecule has 0 aliphatic carbocycles. The Morgan fingerprint density at radius 1 is 1.00 bits per heavy atom. The van der Waals surface area contributed by atoms with Gasteiger partial charge in [0, 0.05) is 22.9 Å². The summed E-state index contributed by atoms with van der Waals surface area (Å²) in [7, 11) is 1.48. The van der Waals surface area contributed by atoms with Crippen LogP contribution in [0.1, 0.15) is 42.4 Å². The third-order valence-corrected chi connectivity index (χ3v) is 5.64. The van der Waals surface area contributed by atoms with Gasteiger partial charge in [-0.15, -0.1) is 0 Å². The van der Waals surface area contributed by atoms with Crippen LogP contribution in [0.15, 0.2) is 47.4 Å². The topological polar surface area (TPSA) is 43.4 Å². The van der Waals surface area contributed by atoms with Crippen LogP contribution in [0.25, 0.3) is 0 Å². The van der Waals surface area contributed by atoms with Crippen molar-refractivity contribution in [3.05, 3.63) is 65.0 Å². The van der Waals surface area contributed by atoms with E-state index in [0.717, 1.165) is 24.8 Å². The third kappa shape index (κ3) is 6.38. The zero-order chi connectivity index (χ0) is 19.0. The van der Waals surface area contributed by atoms with Gasteiger partial charge in [0.1, 0.15) is 5.82 Å². The fourth-order valence-corrected chi connectivity index (χ4v) is 3.96. The monoisotopic (exact) mass is 398 g/mol. The van der Waals surface area contributed by atoms with Crippen molar-refractivity contribution >= 4 is 19.7 Å². The summed E-state index contributed by atoms with van der Waals surface area (Å²) < 4.78 is 43.2. The molecule has 2 aromatic rings. The molecular weight excluding hydrogens is 375 g/mol. The van der Waals surface area contributed by atoms with E-state index >= 15 is 0 Å². The van der Waals surface area contributed by atoms with Gasteiger partial charge in [-0.1, -0.05) is 49.2 Å². The number of hydrogen-bond donors (Lipinski definition) is 0. The van der Waals surface area contributed by atoms with E-state index in [4.69, 9.17) is 15.4 Å². The second kappa shape index (κ2) is 10.0. The number of rotatable bonds is 10. The first-order chi connectivity index (χ1) is 12.4. The van der Waals surface area contributed by atoms with Gasteiger partial charge in [0.2, 0.25) is 0 Å². The molecule has 3 nitrogen and oxygen atoms in total. The summed E-state index contributed by atoms with van der Waals surface area (Å²) >= 11 is 0. The Morgan fingerprint density at radius 3 is 2.38 bits per heavy atom. The van der Waals surface area contributed by atoms with Crippen LogP contribution in [0.2, 0.25) is 0 Å². The molecule has 0 fully saturated rings. The molecule has 0 heterocycles. The molecule has 0 aromatic heterocycles. The Labute approximate surface area is 159 Å². The molecule has 0 bridgehead atoms. The van der Waals surface area contributed by atoms with Gasteiger partial charge in [-0.2, -0.15) is 0 Å². The van der Waals surface area contributed by atoms with Gasteiger partial charge < -0.3 is 4.74 Å². The highest BCUT2D eigenvalue weighted by Crippen LogP contribution is 2.26. The molecule has 0 saturated heterocycles. The maximum atomic E-state index is 14.3. The van der Waals surface area contributed by atoms with E-state index < -0.39 is 14.9 Å². The SMILES string of the molecule is Cc1ccc(S(=O)(=O)Cl)c(CCCCCCOCc2ccccc2)c1F. The molecule has 0 saturated carbocycles. The van der Waals surface area contributed by atoms with Gasteiger partial charge in [0.25, 0.3) is 9.05 Å². The lowest BCUT2D eigenvalue weighted by atomic mass is 10.0.